The van der Waals surface area contributed by atoms with Crippen LogP contribution in [0.15, 0.2) is 24.3 Å². The second-order valence-corrected chi connectivity index (χ2v) is 8.17. The van der Waals surface area contributed by atoms with Crippen molar-refractivity contribution in [2.75, 3.05) is 20.1 Å². The molecule has 0 aromatic heterocycles. The van der Waals surface area contributed by atoms with Crippen molar-refractivity contribution in [2.45, 2.75) is 44.2 Å². The molecular formula is C19H27FN2O2S. The van der Waals surface area contributed by atoms with Crippen molar-refractivity contribution in [3.8, 4) is 0 Å². The number of thioether (sulfide) groups is 1. The Balaban J connectivity index is 2.07. The maximum absolute atomic E-state index is 13.2. The molecule has 0 N–H and O–H groups in total. The van der Waals surface area contributed by atoms with E-state index >= 15 is 0 Å². The summed E-state index contributed by atoms with van der Waals surface area (Å²) >= 11 is 1.61. The van der Waals surface area contributed by atoms with Gasteiger partial charge in [-0.05, 0) is 30.0 Å². The molecule has 2 amide bonds. The second kappa shape index (κ2) is 8.70. The number of amides is 2. The first-order chi connectivity index (χ1) is 11.8. The molecule has 2 unspecified atom stereocenters. The number of hydrogen-bond donors (Lipinski definition) is 0. The summed E-state index contributed by atoms with van der Waals surface area (Å²) in [4.78, 5) is 28.3. The lowest BCUT2D eigenvalue weighted by Crippen LogP contribution is -2.39. The smallest absolute Gasteiger partial charge is 0.237 e. The van der Waals surface area contributed by atoms with Crippen molar-refractivity contribution in [1.82, 2.24) is 9.80 Å². The minimum Gasteiger partial charge on any atom is -0.344 e. The van der Waals surface area contributed by atoms with Gasteiger partial charge >= 0.3 is 0 Å². The number of hydrogen-bond acceptors (Lipinski definition) is 3. The summed E-state index contributed by atoms with van der Waals surface area (Å²) in [5, 5.41) is -0.196. The molecular weight excluding hydrogens is 339 g/mol. The van der Waals surface area contributed by atoms with Crippen molar-refractivity contribution in [3.63, 3.8) is 0 Å². The Morgan fingerprint density at radius 1 is 1.32 bits per heavy atom. The van der Waals surface area contributed by atoms with Gasteiger partial charge in [0.15, 0.2) is 0 Å². The highest BCUT2D eigenvalue weighted by Gasteiger charge is 2.39. The first-order valence-corrected chi connectivity index (χ1v) is 9.73. The zero-order chi connectivity index (χ0) is 18.6. The van der Waals surface area contributed by atoms with Crippen LogP contribution in [0.4, 0.5) is 4.39 Å². The van der Waals surface area contributed by atoms with Gasteiger partial charge in [0, 0.05) is 26.6 Å². The van der Waals surface area contributed by atoms with Gasteiger partial charge < -0.3 is 9.80 Å². The van der Waals surface area contributed by atoms with Crippen LogP contribution in [0.25, 0.3) is 0 Å². The van der Waals surface area contributed by atoms with Gasteiger partial charge in [-0.1, -0.05) is 32.9 Å². The summed E-state index contributed by atoms with van der Waals surface area (Å²) in [7, 11) is 1.78. The topological polar surface area (TPSA) is 40.6 Å². The Morgan fingerprint density at radius 3 is 2.52 bits per heavy atom. The fourth-order valence-electron chi connectivity index (χ4n) is 2.86. The minimum absolute atomic E-state index is 0.0771. The Hall–Kier alpha value is -1.56. The highest BCUT2D eigenvalue weighted by atomic mass is 32.2. The monoisotopic (exact) mass is 366 g/mol. The van der Waals surface area contributed by atoms with Gasteiger partial charge in [-0.25, -0.2) is 4.39 Å². The van der Waals surface area contributed by atoms with Gasteiger partial charge in [0.25, 0.3) is 0 Å². The van der Waals surface area contributed by atoms with Gasteiger partial charge in [-0.3, -0.25) is 9.59 Å². The lowest BCUT2D eigenvalue weighted by molar-refractivity contribution is -0.134. The van der Waals surface area contributed by atoms with Crippen LogP contribution >= 0.6 is 11.8 Å². The molecule has 0 spiro atoms. The summed E-state index contributed by atoms with van der Waals surface area (Å²) in [5.41, 5.74) is 0.923. The quantitative estimate of drug-likeness (QED) is 0.739. The van der Waals surface area contributed by atoms with E-state index in [1.807, 2.05) is 25.7 Å². The third-order valence-electron chi connectivity index (χ3n) is 4.35. The first kappa shape index (κ1) is 19.8. The molecule has 1 aliphatic rings. The van der Waals surface area contributed by atoms with E-state index in [4.69, 9.17) is 0 Å². The Morgan fingerprint density at radius 2 is 1.96 bits per heavy atom. The number of carbonyl (C=O) groups is 2. The van der Waals surface area contributed by atoms with Gasteiger partial charge in [-0.15, -0.1) is 11.8 Å². The average Bonchev–Trinajstić information content (AvgIpc) is 2.88. The lowest BCUT2D eigenvalue weighted by Gasteiger charge is -2.27. The van der Waals surface area contributed by atoms with Crippen molar-refractivity contribution in [3.05, 3.63) is 35.6 Å². The molecule has 0 aliphatic carbocycles. The highest BCUT2D eigenvalue weighted by Crippen LogP contribution is 2.43. The van der Waals surface area contributed by atoms with Crippen LogP contribution in [0, 0.1) is 11.7 Å². The number of nitrogens with zero attached hydrogens (tertiary/aromatic N) is 2. The maximum atomic E-state index is 13.2. The largest absolute Gasteiger partial charge is 0.344 e. The molecule has 0 saturated carbocycles. The molecule has 0 radical (unpaired) electrons. The molecule has 25 heavy (non-hydrogen) atoms. The second-order valence-electron chi connectivity index (χ2n) is 6.88. The van der Waals surface area contributed by atoms with Crippen molar-refractivity contribution >= 4 is 23.6 Å². The van der Waals surface area contributed by atoms with Gasteiger partial charge in [0.05, 0.1) is 5.25 Å². The van der Waals surface area contributed by atoms with E-state index in [1.54, 1.807) is 35.8 Å². The van der Waals surface area contributed by atoms with Crippen LogP contribution in [0.2, 0.25) is 0 Å². The van der Waals surface area contributed by atoms with E-state index in [9.17, 15) is 14.0 Å². The third kappa shape index (κ3) is 4.97. The number of benzene rings is 1. The molecule has 1 heterocycles. The van der Waals surface area contributed by atoms with E-state index in [0.29, 0.717) is 25.4 Å². The lowest BCUT2D eigenvalue weighted by atomic mass is 10.1. The average molecular weight is 367 g/mol. The molecule has 1 aromatic carbocycles. The van der Waals surface area contributed by atoms with Gasteiger partial charge in [-0.2, -0.15) is 0 Å². The Bertz CT molecular complexity index is 606. The molecule has 6 heteroatoms. The predicted molar refractivity (Wildman–Crippen MR) is 99.6 cm³/mol. The third-order valence-corrected chi connectivity index (χ3v) is 5.99. The van der Waals surface area contributed by atoms with Crippen molar-refractivity contribution in [1.29, 1.82) is 0 Å². The minimum atomic E-state index is -0.282. The summed E-state index contributed by atoms with van der Waals surface area (Å²) < 4.78 is 13.2. The Kier molecular flexibility index (Phi) is 6.87. The SMILES string of the molecule is CCC1SC(c2ccc(F)cc2)N(CCN(C)C(=O)CC(C)C)C1=O. The van der Waals surface area contributed by atoms with E-state index in [2.05, 4.69) is 0 Å². The molecule has 138 valence electrons. The molecule has 1 aromatic rings. The first-order valence-electron chi connectivity index (χ1n) is 8.78. The fourth-order valence-corrected chi connectivity index (χ4v) is 4.29. The van der Waals surface area contributed by atoms with E-state index in [1.165, 1.54) is 12.1 Å². The summed E-state index contributed by atoms with van der Waals surface area (Å²) in [6.07, 6.45) is 1.28. The highest BCUT2D eigenvalue weighted by molar-refractivity contribution is 8.01. The molecule has 2 rings (SSSR count). The van der Waals surface area contributed by atoms with Crippen LogP contribution in [-0.4, -0.2) is 47.0 Å². The van der Waals surface area contributed by atoms with E-state index < -0.39 is 0 Å². The standard InChI is InChI=1S/C19H27FN2O2S/c1-5-16-18(24)22(11-10-21(4)17(23)12-13(2)3)19(25-16)14-6-8-15(20)9-7-14/h6-9,13,16,19H,5,10-12H2,1-4H3. The molecule has 1 saturated heterocycles. The summed E-state index contributed by atoms with van der Waals surface area (Å²) in [6, 6.07) is 6.32. The van der Waals surface area contributed by atoms with Crippen LogP contribution in [0.5, 0.6) is 0 Å². The van der Waals surface area contributed by atoms with Crippen molar-refractivity contribution < 1.29 is 14.0 Å². The predicted octanol–water partition coefficient (Wildman–Crippen LogP) is 3.68. The van der Waals surface area contributed by atoms with E-state index in [0.717, 1.165) is 12.0 Å². The zero-order valence-corrected chi connectivity index (χ0v) is 16.2. The van der Waals surface area contributed by atoms with Gasteiger partial charge in [0.1, 0.15) is 11.2 Å². The molecule has 2 atom stereocenters. The zero-order valence-electron chi connectivity index (χ0n) is 15.4. The number of carbonyl (C=O) groups excluding carboxylic acids is 2. The molecule has 4 nitrogen and oxygen atoms in total. The van der Waals surface area contributed by atoms with Gasteiger partial charge in [0.2, 0.25) is 11.8 Å². The summed E-state index contributed by atoms with van der Waals surface area (Å²) in [5.74, 6) is 0.234. The maximum Gasteiger partial charge on any atom is 0.237 e. The van der Waals surface area contributed by atoms with Crippen LogP contribution in [0.1, 0.15) is 44.6 Å². The van der Waals surface area contributed by atoms with Crippen LogP contribution in [0.3, 0.4) is 0 Å². The molecule has 1 fully saturated rings. The van der Waals surface area contributed by atoms with Crippen LogP contribution < -0.4 is 0 Å². The van der Waals surface area contributed by atoms with Crippen LogP contribution in [-0.2, 0) is 9.59 Å². The normalized spacial score (nSPS) is 20.4. The molecule has 1 aliphatic heterocycles. The number of likely N-dealkylation sites (N-methyl/N-ethyl adjacent to an activating group) is 1. The summed E-state index contributed by atoms with van der Waals surface area (Å²) in [6.45, 7) is 7.03. The number of rotatable bonds is 7. The Labute approximate surface area is 153 Å². The van der Waals surface area contributed by atoms with Crippen molar-refractivity contribution in [2.24, 2.45) is 5.92 Å². The number of halogens is 1. The van der Waals surface area contributed by atoms with E-state index in [-0.39, 0.29) is 28.3 Å². The molecule has 0 bridgehead atoms. The fraction of sp³-hybridized carbons (Fsp3) is 0.579.